The van der Waals surface area contributed by atoms with Crippen LogP contribution in [-0.2, 0) is 11.3 Å². The van der Waals surface area contributed by atoms with Crippen LogP contribution in [0.25, 0.3) is 0 Å². The summed E-state index contributed by atoms with van der Waals surface area (Å²) < 4.78 is 5.50. The van der Waals surface area contributed by atoms with Gasteiger partial charge in [-0.1, -0.05) is 30.3 Å². The highest BCUT2D eigenvalue weighted by molar-refractivity contribution is 5.68. The molecule has 5 heteroatoms. The second kappa shape index (κ2) is 9.38. The molecule has 1 heterocycles. The summed E-state index contributed by atoms with van der Waals surface area (Å²) in [5.74, 6) is 0. The van der Waals surface area contributed by atoms with Gasteiger partial charge in [0.1, 0.15) is 5.60 Å². The fourth-order valence-electron chi connectivity index (χ4n) is 3.34. The van der Waals surface area contributed by atoms with Crippen LogP contribution in [0.5, 0.6) is 0 Å². The first kappa shape index (κ1) is 20.7. The van der Waals surface area contributed by atoms with E-state index in [2.05, 4.69) is 47.1 Å². The van der Waals surface area contributed by atoms with Gasteiger partial charge in [-0.2, -0.15) is 0 Å². The third-order valence-corrected chi connectivity index (χ3v) is 4.79. The van der Waals surface area contributed by atoms with Crippen LogP contribution in [-0.4, -0.2) is 71.7 Å². The smallest absolute Gasteiger partial charge is 0.410 e. The third-order valence-electron chi connectivity index (χ3n) is 4.79. The van der Waals surface area contributed by atoms with Crippen LogP contribution in [0.15, 0.2) is 30.3 Å². The normalized spacial score (nSPS) is 19.3. The molecule has 1 aromatic rings. The number of rotatable bonds is 6. The molecule has 0 saturated carbocycles. The fourth-order valence-corrected chi connectivity index (χ4v) is 3.34. The van der Waals surface area contributed by atoms with Gasteiger partial charge in [-0.3, -0.25) is 9.80 Å². The van der Waals surface area contributed by atoms with Gasteiger partial charge in [-0.25, -0.2) is 4.79 Å². The van der Waals surface area contributed by atoms with E-state index in [0.717, 1.165) is 32.7 Å². The van der Waals surface area contributed by atoms with Gasteiger partial charge in [0.15, 0.2) is 0 Å². The van der Waals surface area contributed by atoms with Crippen LogP contribution in [0.4, 0.5) is 4.79 Å². The van der Waals surface area contributed by atoms with Crippen molar-refractivity contribution < 1.29 is 9.53 Å². The molecule has 2 rings (SSSR count). The lowest BCUT2D eigenvalue weighted by Crippen LogP contribution is -2.53. The van der Waals surface area contributed by atoms with Crippen molar-refractivity contribution in [2.75, 3.05) is 39.3 Å². The number of carbonyl (C=O) groups excluding carboxylic acids is 1. The summed E-state index contributed by atoms with van der Waals surface area (Å²) in [5.41, 5.74) is 0.927. The molecular formula is C21H35N3O2. The van der Waals surface area contributed by atoms with Crippen molar-refractivity contribution in [3.05, 3.63) is 35.9 Å². The van der Waals surface area contributed by atoms with E-state index in [1.54, 1.807) is 4.90 Å². The van der Waals surface area contributed by atoms with Gasteiger partial charge in [-0.05, 0) is 40.2 Å². The Morgan fingerprint density at radius 1 is 1.23 bits per heavy atom. The number of benzene rings is 1. The van der Waals surface area contributed by atoms with Crippen LogP contribution in [0.1, 0.15) is 40.2 Å². The van der Waals surface area contributed by atoms with Crippen LogP contribution in [0.2, 0.25) is 0 Å². The molecule has 1 aliphatic rings. The first-order chi connectivity index (χ1) is 12.3. The molecule has 1 amide bonds. The Labute approximate surface area is 158 Å². The lowest BCUT2D eigenvalue weighted by molar-refractivity contribution is 0.0198. The van der Waals surface area contributed by atoms with Crippen LogP contribution < -0.4 is 0 Å². The van der Waals surface area contributed by atoms with Gasteiger partial charge < -0.3 is 9.64 Å². The molecular weight excluding hydrogens is 326 g/mol. The van der Waals surface area contributed by atoms with E-state index in [9.17, 15) is 4.79 Å². The number of hydrogen-bond donors (Lipinski definition) is 0. The second-order valence-electron chi connectivity index (χ2n) is 8.17. The Morgan fingerprint density at radius 3 is 2.50 bits per heavy atom. The SMILES string of the molecule is CCN(CCN1CCN(Cc2ccccc2)C[C@H]1C)C(=O)OC(C)(C)C. The molecule has 1 atom stereocenters. The average Bonchev–Trinajstić information content (AvgIpc) is 2.56. The minimum atomic E-state index is -0.444. The topological polar surface area (TPSA) is 36.0 Å². The first-order valence-electron chi connectivity index (χ1n) is 9.76. The van der Waals surface area contributed by atoms with Crippen LogP contribution in [0.3, 0.4) is 0 Å². The van der Waals surface area contributed by atoms with Crippen molar-refractivity contribution in [2.24, 2.45) is 0 Å². The number of ether oxygens (including phenoxy) is 1. The zero-order valence-corrected chi connectivity index (χ0v) is 17.1. The lowest BCUT2D eigenvalue weighted by Gasteiger charge is -2.40. The first-order valence-corrected chi connectivity index (χ1v) is 9.76. The maximum Gasteiger partial charge on any atom is 0.410 e. The van der Waals surface area contributed by atoms with Gasteiger partial charge >= 0.3 is 6.09 Å². The standard InChI is InChI=1S/C21H35N3O2/c1-6-23(20(25)26-21(3,4)5)14-15-24-13-12-22(16-18(24)2)17-19-10-8-7-9-11-19/h7-11,18H,6,12-17H2,1-5H3/t18-/m1/s1. The largest absolute Gasteiger partial charge is 0.444 e. The Morgan fingerprint density at radius 2 is 1.92 bits per heavy atom. The van der Waals surface area contributed by atoms with Gasteiger partial charge in [0, 0.05) is 51.9 Å². The van der Waals surface area contributed by atoms with Gasteiger partial charge in [-0.15, -0.1) is 0 Å². The molecule has 5 nitrogen and oxygen atoms in total. The zero-order valence-electron chi connectivity index (χ0n) is 17.1. The molecule has 0 spiro atoms. The molecule has 26 heavy (non-hydrogen) atoms. The molecule has 1 saturated heterocycles. The van der Waals surface area contributed by atoms with Crippen molar-refractivity contribution >= 4 is 6.09 Å². The van der Waals surface area contributed by atoms with Crippen molar-refractivity contribution in [3.8, 4) is 0 Å². The molecule has 1 aromatic carbocycles. The number of carbonyl (C=O) groups is 1. The Hall–Kier alpha value is -1.59. The molecule has 0 aliphatic carbocycles. The highest BCUT2D eigenvalue weighted by Gasteiger charge is 2.26. The van der Waals surface area contributed by atoms with Crippen molar-refractivity contribution in [1.29, 1.82) is 0 Å². The maximum atomic E-state index is 12.3. The average molecular weight is 362 g/mol. The summed E-state index contributed by atoms with van der Waals surface area (Å²) in [6.07, 6.45) is -0.213. The van der Waals surface area contributed by atoms with Crippen molar-refractivity contribution in [3.63, 3.8) is 0 Å². The van der Waals surface area contributed by atoms with Crippen molar-refractivity contribution in [1.82, 2.24) is 14.7 Å². The molecule has 146 valence electrons. The van der Waals surface area contributed by atoms with Crippen molar-refractivity contribution in [2.45, 2.75) is 52.8 Å². The van der Waals surface area contributed by atoms with E-state index in [1.807, 2.05) is 27.7 Å². The number of piperazine rings is 1. The number of likely N-dealkylation sites (N-methyl/N-ethyl adjacent to an activating group) is 1. The quantitative estimate of drug-likeness (QED) is 0.777. The molecule has 0 aromatic heterocycles. The van der Waals surface area contributed by atoms with E-state index in [-0.39, 0.29) is 6.09 Å². The van der Waals surface area contributed by atoms with E-state index in [1.165, 1.54) is 5.56 Å². The van der Waals surface area contributed by atoms with Crippen LogP contribution >= 0.6 is 0 Å². The predicted octanol–water partition coefficient (Wildman–Crippen LogP) is 3.45. The number of nitrogens with zero attached hydrogens (tertiary/aromatic N) is 3. The monoisotopic (exact) mass is 361 g/mol. The summed E-state index contributed by atoms with van der Waals surface area (Å²) in [5, 5.41) is 0. The molecule has 0 bridgehead atoms. The summed E-state index contributed by atoms with van der Waals surface area (Å²) in [6.45, 7) is 16.5. The Kier molecular flexibility index (Phi) is 7.47. The van der Waals surface area contributed by atoms with E-state index in [4.69, 9.17) is 4.74 Å². The van der Waals surface area contributed by atoms with E-state index < -0.39 is 5.60 Å². The minimum absolute atomic E-state index is 0.213. The Balaban J connectivity index is 1.79. The summed E-state index contributed by atoms with van der Waals surface area (Å²) in [4.78, 5) is 19.1. The van der Waals surface area contributed by atoms with Crippen LogP contribution in [0, 0.1) is 0 Å². The Bertz CT molecular complexity index is 556. The van der Waals surface area contributed by atoms with E-state index >= 15 is 0 Å². The molecule has 1 aliphatic heterocycles. The molecule has 0 unspecified atom stereocenters. The molecule has 0 N–H and O–H groups in total. The number of amides is 1. The van der Waals surface area contributed by atoms with Gasteiger partial charge in [0.2, 0.25) is 0 Å². The molecule has 0 radical (unpaired) electrons. The highest BCUT2D eigenvalue weighted by atomic mass is 16.6. The minimum Gasteiger partial charge on any atom is -0.444 e. The summed E-state index contributed by atoms with van der Waals surface area (Å²) in [6, 6.07) is 11.1. The lowest BCUT2D eigenvalue weighted by atomic mass is 10.1. The number of hydrogen-bond acceptors (Lipinski definition) is 4. The maximum absolute atomic E-state index is 12.3. The third kappa shape index (κ3) is 6.61. The predicted molar refractivity (Wildman–Crippen MR) is 106 cm³/mol. The zero-order chi connectivity index (χ0) is 19.2. The fraction of sp³-hybridized carbons (Fsp3) is 0.667. The molecule has 1 fully saturated rings. The highest BCUT2D eigenvalue weighted by Crippen LogP contribution is 2.14. The summed E-state index contributed by atoms with van der Waals surface area (Å²) >= 11 is 0. The van der Waals surface area contributed by atoms with E-state index in [0.29, 0.717) is 19.1 Å². The summed E-state index contributed by atoms with van der Waals surface area (Å²) in [7, 11) is 0. The van der Waals surface area contributed by atoms with Gasteiger partial charge in [0.05, 0.1) is 0 Å². The van der Waals surface area contributed by atoms with Gasteiger partial charge in [0.25, 0.3) is 0 Å². The second-order valence-corrected chi connectivity index (χ2v) is 8.17.